The van der Waals surface area contributed by atoms with Crippen LogP contribution >= 0.6 is 0 Å². The predicted octanol–water partition coefficient (Wildman–Crippen LogP) is 1.84. The molecule has 0 atom stereocenters. The number of alkyl halides is 1. The van der Waals surface area contributed by atoms with Crippen molar-refractivity contribution < 1.29 is 9.18 Å². The van der Waals surface area contributed by atoms with Crippen molar-refractivity contribution in [3.8, 4) is 0 Å². The van der Waals surface area contributed by atoms with Crippen LogP contribution in [0.2, 0.25) is 0 Å². The summed E-state index contributed by atoms with van der Waals surface area (Å²) < 4.78 is 13.4. The molecule has 0 spiro atoms. The van der Waals surface area contributed by atoms with Crippen LogP contribution in [-0.2, 0) is 6.54 Å². The summed E-state index contributed by atoms with van der Waals surface area (Å²) in [5.41, 5.74) is 0.612. The van der Waals surface area contributed by atoms with Crippen LogP contribution in [0.1, 0.15) is 30.1 Å². The quantitative estimate of drug-likeness (QED) is 0.654. The van der Waals surface area contributed by atoms with Crippen LogP contribution in [0.3, 0.4) is 0 Å². The first kappa shape index (κ1) is 9.89. The second kappa shape index (κ2) is 4.74. The van der Waals surface area contributed by atoms with Gasteiger partial charge in [0.05, 0.1) is 18.4 Å². The monoisotopic (exact) mass is 184 g/mol. The molecule has 0 aliphatic rings. The topological polar surface area (TPSA) is 34.9 Å². The van der Waals surface area contributed by atoms with Crippen molar-refractivity contribution in [2.75, 3.05) is 6.67 Å². The van der Waals surface area contributed by atoms with E-state index in [-0.39, 0.29) is 12.5 Å². The van der Waals surface area contributed by atoms with Gasteiger partial charge in [0.15, 0.2) is 5.78 Å². The Morgan fingerprint density at radius 3 is 3.08 bits per heavy atom. The number of rotatable bonds is 5. The molecular weight excluding hydrogens is 171 g/mol. The number of hydrogen-bond donors (Lipinski definition) is 0. The second-order valence-corrected chi connectivity index (χ2v) is 2.81. The van der Waals surface area contributed by atoms with Crippen molar-refractivity contribution >= 4 is 5.78 Å². The number of ketones is 1. The first-order chi connectivity index (χ1) is 6.27. The summed E-state index contributed by atoms with van der Waals surface area (Å²) in [4.78, 5) is 11.2. The van der Waals surface area contributed by atoms with Crippen molar-refractivity contribution in [2.24, 2.45) is 0 Å². The molecule has 0 bridgehead atoms. The van der Waals surface area contributed by atoms with Gasteiger partial charge in [-0.3, -0.25) is 13.9 Å². The molecule has 4 heteroatoms. The van der Waals surface area contributed by atoms with Crippen molar-refractivity contribution in [1.82, 2.24) is 9.78 Å². The number of carbonyl (C=O) groups is 1. The summed E-state index contributed by atoms with van der Waals surface area (Å²) in [6, 6.07) is 0. The number of nitrogens with zero attached hydrogens (tertiary/aromatic N) is 2. The van der Waals surface area contributed by atoms with Crippen LogP contribution in [0, 0.1) is 0 Å². The minimum atomic E-state index is -0.350. The molecule has 0 amide bonds. The van der Waals surface area contributed by atoms with E-state index >= 15 is 0 Å². The molecule has 0 fully saturated rings. The zero-order chi connectivity index (χ0) is 9.68. The fraction of sp³-hybridized carbons (Fsp3) is 0.556. The lowest BCUT2D eigenvalue weighted by Gasteiger charge is -1.95. The molecule has 0 aromatic carbocycles. The summed E-state index contributed by atoms with van der Waals surface area (Å²) in [7, 11) is 0. The molecule has 3 nitrogen and oxygen atoms in total. The van der Waals surface area contributed by atoms with Crippen LogP contribution in [-0.4, -0.2) is 22.2 Å². The van der Waals surface area contributed by atoms with Crippen molar-refractivity contribution in [2.45, 2.75) is 26.3 Å². The van der Waals surface area contributed by atoms with Gasteiger partial charge in [-0.1, -0.05) is 6.92 Å². The molecule has 72 valence electrons. The molecule has 0 radical (unpaired) electrons. The van der Waals surface area contributed by atoms with Gasteiger partial charge in [-0.15, -0.1) is 0 Å². The van der Waals surface area contributed by atoms with E-state index in [1.807, 2.05) is 0 Å². The molecule has 0 saturated heterocycles. The highest BCUT2D eigenvalue weighted by molar-refractivity contribution is 5.95. The minimum absolute atomic E-state index is 0.0755. The molecule has 0 N–H and O–H groups in total. The van der Waals surface area contributed by atoms with E-state index < -0.39 is 0 Å². The lowest BCUT2D eigenvalue weighted by atomic mass is 10.2. The molecule has 1 heterocycles. The van der Waals surface area contributed by atoms with E-state index in [1.54, 1.807) is 17.8 Å². The summed E-state index contributed by atoms with van der Waals surface area (Å²) in [5.74, 6) is 0.0755. The Kier molecular flexibility index (Phi) is 3.61. The highest BCUT2D eigenvalue weighted by atomic mass is 19.1. The Balaban J connectivity index is 2.58. The van der Waals surface area contributed by atoms with Gasteiger partial charge >= 0.3 is 0 Å². The van der Waals surface area contributed by atoms with Gasteiger partial charge in [-0.25, -0.2) is 0 Å². The van der Waals surface area contributed by atoms with E-state index in [0.717, 1.165) is 0 Å². The minimum Gasteiger partial charge on any atom is -0.294 e. The van der Waals surface area contributed by atoms with Gasteiger partial charge in [0, 0.05) is 19.2 Å². The maximum absolute atomic E-state index is 11.8. The molecule has 1 rings (SSSR count). The van der Waals surface area contributed by atoms with Gasteiger partial charge < -0.3 is 0 Å². The molecule has 1 aromatic heterocycles. The van der Waals surface area contributed by atoms with E-state index in [4.69, 9.17) is 0 Å². The third-order valence-electron chi connectivity index (χ3n) is 1.80. The van der Waals surface area contributed by atoms with Crippen LogP contribution in [0.5, 0.6) is 0 Å². The number of aromatic nitrogens is 2. The van der Waals surface area contributed by atoms with Crippen molar-refractivity contribution in [3.05, 3.63) is 18.0 Å². The second-order valence-electron chi connectivity index (χ2n) is 2.81. The SMILES string of the molecule is CCC(=O)c1cnn(CCCF)c1. The zero-order valence-corrected chi connectivity index (χ0v) is 7.66. The predicted molar refractivity (Wildman–Crippen MR) is 47.4 cm³/mol. The lowest BCUT2D eigenvalue weighted by Crippen LogP contribution is -1.99. The smallest absolute Gasteiger partial charge is 0.165 e. The number of aryl methyl sites for hydroxylation is 1. The Morgan fingerprint density at radius 1 is 1.69 bits per heavy atom. The highest BCUT2D eigenvalue weighted by Crippen LogP contribution is 2.02. The summed E-state index contributed by atoms with van der Waals surface area (Å²) >= 11 is 0. The third kappa shape index (κ3) is 2.65. The van der Waals surface area contributed by atoms with E-state index in [9.17, 15) is 9.18 Å². The number of Topliss-reactive ketones (excluding diaryl/α,β-unsaturated/α-hetero) is 1. The van der Waals surface area contributed by atoms with Gasteiger partial charge in [0.1, 0.15) is 0 Å². The standard InChI is InChI=1S/C9H13FN2O/c1-2-9(13)8-6-11-12(7-8)5-3-4-10/h6-7H,2-5H2,1H3. The highest BCUT2D eigenvalue weighted by Gasteiger charge is 2.05. The van der Waals surface area contributed by atoms with Gasteiger partial charge in [-0.05, 0) is 6.42 Å². The average Bonchev–Trinajstić information content (AvgIpc) is 2.62. The Hall–Kier alpha value is -1.19. The normalized spacial score (nSPS) is 10.3. The maximum atomic E-state index is 11.8. The summed E-state index contributed by atoms with van der Waals surface area (Å²) in [6.07, 6.45) is 4.13. The van der Waals surface area contributed by atoms with Gasteiger partial charge in [-0.2, -0.15) is 5.10 Å². The molecule has 0 unspecified atom stereocenters. The first-order valence-electron chi connectivity index (χ1n) is 4.39. The number of halogens is 1. The fourth-order valence-electron chi connectivity index (χ4n) is 1.06. The first-order valence-corrected chi connectivity index (χ1v) is 4.39. The average molecular weight is 184 g/mol. The van der Waals surface area contributed by atoms with Crippen LogP contribution in [0.4, 0.5) is 4.39 Å². The molecule has 1 aromatic rings. The Morgan fingerprint density at radius 2 is 2.46 bits per heavy atom. The van der Waals surface area contributed by atoms with Gasteiger partial charge in [0.2, 0.25) is 0 Å². The van der Waals surface area contributed by atoms with E-state index in [2.05, 4.69) is 5.10 Å². The van der Waals surface area contributed by atoms with Crippen LogP contribution in [0.15, 0.2) is 12.4 Å². The van der Waals surface area contributed by atoms with Crippen LogP contribution < -0.4 is 0 Å². The molecular formula is C9H13FN2O. The molecule has 0 aliphatic carbocycles. The van der Waals surface area contributed by atoms with Crippen molar-refractivity contribution in [3.63, 3.8) is 0 Å². The lowest BCUT2D eigenvalue weighted by molar-refractivity contribution is 0.0988. The van der Waals surface area contributed by atoms with E-state index in [1.165, 1.54) is 6.20 Å². The van der Waals surface area contributed by atoms with Gasteiger partial charge in [0.25, 0.3) is 0 Å². The summed E-state index contributed by atoms with van der Waals surface area (Å²) in [5, 5.41) is 3.95. The Bertz CT molecular complexity index is 283. The molecule has 0 aliphatic heterocycles. The third-order valence-corrected chi connectivity index (χ3v) is 1.80. The van der Waals surface area contributed by atoms with Crippen LogP contribution in [0.25, 0.3) is 0 Å². The maximum Gasteiger partial charge on any atom is 0.165 e. The number of hydrogen-bond acceptors (Lipinski definition) is 2. The number of carbonyl (C=O) groups excluding carboxylic acids is 1. The largest absolute Gasteiger partial charge is 0.294 e. The summed E-state index contributed by atoms with van der Waals surface area (Å²) in [6.45, 7) is 1.99. The molecule has 13 heavy (non-hydrogen) atoms. The Labute approximate surface area is 76.6 Å². The van der Waals surface area contributed by atoms with E-state index in [0.29, 0.717) is 24.9 Å². The molecule has 0 saturated carbocycles. The fourth-order valence-corrected chi connectivity index (χ4v) is 1.06. The zero-order valence-electron chi connectivity index (χ0n) is 7.66. The van der Waals surface area contributed by atoms with Crippen molar-refractivity contribution in [1.29, 1.82) is 0 Å².